The lowest BCUT2D eigenvalue weighted by molar-refractivity contribution is -0.305. The van der Waals surface area contributed by atoms with Gasteiger partial charge in [0.1, 0.15) is 42.7 Å². The van der Waals surface area contributed by atoms with Gasteiger partial charge < -0.3 is 55.1 Å². The van der Waals surface area contributed by atoms with E-state index in [1.807, 2.05) is 6.92 Å². The fourth-order valence-electron chi connectivity index (χ4n) is 3.55. The third-order valence-corrected chi connectivity index (χ3v) is 5.80. The summed E-state index contributed by atoms with van der Waals surface area (Å²) in [6.45, 7) is 7.05. The van der Waals surface area contributed by atoms with Crippen LogP contribution in [0, 0.1) is 5.92 Å². The van der Waals surface area contributed by atoms with E-state index < -0.39 is 79.9 Å². The average Bonchev–Trinajstić information content (AvgIpc) is 2.72. The highest BCUT2D eigenvalue weighted by Gasteiger charge is 2.53. The standard InChI is InChI=1S/C20H40O11/c1-6-10(3)29-16-13(24)11(8-22)30-18(14(16)25)20(4,5)31-17(15(26)19(27)28)12(23)9(2)7-21/h9-19,21-28H,6-8H2,1-5H3/t9?,10?,11?,12-,13-,14?,15?,16?,17?,18-/m1/s1. The van der Waals surface area contributed by atoms with Gasteiger partial charge in [-0.2, -0.15) is 0 Å². The second-order valence-corrected chi connectivity index (χ2v) is 8.82. The molecule has 0 radical (unpaired) electrons. The van der Waals surface area contributed by atoms with Gasteiger partial charge in [0, 0.05) is 12.5 Å². The van der Waals surface area contributed by atoms with Gasteiger partial charge in [-0.25, -0.2) is 0 Å². The van der Waals surface area contributed by atoms with Crippen molar-refractivity contribution in [3.63, 3.8) is 0 Å². The minimum absolute atomic E-state index is 0.303. The Hall–Kier alpha value is -0.440. The first-order valence-corrected chi connectivity index (χ1v) is 10.6. The van der Waals surface area contributed by atoms with Crippen LogP contribution in [-0.2, 0) is 14.2 Å². The first-order valence-electron chi connectivity index (χ1n) is 10.6. The molecule has 186 valence electrons. The smallest absolute Gasteiger partial charge is 0.180 e. The number of hydrogen-bond acceptors (Lipinski definition) is 11. The minimum atomic E-state index is -2.24. The number of rotatable bonds is 12. The molecule has 1 fully saturated rings. The Morgan fingerprint density at radius 1 is 0.968 bits per heavy atom. The van der Waals surface area contributed by atoms with Crippen molar-refractivity contribution in [3.05, 3.63) is 0 Å². The molecule has 0 aromatic heterocycles. The first-order chi connectivity index (χ1) is 14.3. The van der Waals surface area contributed by atoms with Gasteiger partial charge in [-0.3, -0.25) is 0 Å². The van der Waals surface area contributed by atoms with E-state index in [0.29, 0.717) is 6.42 Å². The predicted molar refractivity (Wildman–Crippen MR) is 108 cm³/mol. The van der Waals surface area contributed by atoms with Crippen LogP contribution >= 0.6 is 0 Å². The molecule has 0 saturated carbocycles. The summed E-state index contributed by atoms with van der Waals surface area (Å²) in [4.78, 5) is 0. The molecule has 0 aromatic rings. The molecule has 10 atom stereocenters. The van der Waals surface area contributed by atoms with Crippen LogP contribution in [-0.4, -0.2) is 121 Å². The van der Waals surface area contributed by atoms with Gasteiger partial charge in [-0.1, -0.05) is 13.8 Å². The van der Waals surface area contributed by atoms with E-state index in [-0.39, 0.29) is 6.10 Å². The molecule has 0 aliphatic carbocycles. The Balaban J connectivity index is 3.21. The van der Waals surface area contributed by atoms with Crippen molar-refractivity contribution < 1.29 is 55.1 Å². The van der Waals surface area contributed by atoms with Crippen molar-refractivity contribution in [3.8, 4) is 0 Å². The Bertz CT molecular complexity index is 517. The summed E-state index contributed by atoms with van der Waals surface area (Å²) in [5, 5.41) is 79.9. The zero-order valence-electron chi connectivity index (χ0n) is 18.8. The second kappa shape index (κ2) is 12.1. The van der Waals surface area contributed by atoms with E-state index in [1.54, 1.807) is 6.92 Å². The topological polar surface area (TPSA) is 190 Å². The summed E-state index contributed by atoms with van der Waals surface area (Å²) in [5.41, 5.74) is -1.47. The lowest BCUT2D eigenvalue weighted by Gasteiger charge is -2.49. The monoisotopic (exact) mass is 456 g/mol. The first kappa shape index (κ1) is 28.6. The molecular formula is C20H40O11. The van der Waals surface area contributed by atoms with Crippen molar-refractivity contribution in [1.29, 1.82) is 0 Å². The summed E-state index contributed by atoms with van der Waals surface area (Å²) in [5.74, 6) is -0.778. The summed E-state index contributed by atoms with van der Waals surface area (Å²) in [6.07, 6.45) is -13.1. The largest absolute Gasteiger partial charge is 0.396 e. The SMILES string of the molecule is CCC(C)OC1C(O)[C@H](C(C)(C)OC(C(O)C(O)O)[C@H](O)C(C)CO)OC(CO)[C@H]1O. The van der Waals surface area contributed by atoms with Gasteiger partial charge in [0.05, 0.1) is 24.4 Å². The Kier molecular flexibility index (Phi) is 11.2. The van der Waals surface area contributed by atoms with E-state index in [2.05, 4.69) is 0 Å². The summed E-state index contributed by atoms with van der Waals surface area (Å²) in [7, 11) is 0. The molecule has 11 nitrogen and oxygen atoms in total. The van der Waals surface area contributed by atoms with E-state index in [1.165, 1.54) is 20.8 Å². The lowest BCUT2D eigenvalue weighted by Crippen LogP contribution is -2.66. The maximum Gasteiger partial charge on any atom is 0.180 e. The molecule has 1 aliphatic heterocycles. The highest BCUT2D eigenvalue weighted by Crippen LogP contribution is 2.34. The van der Waals surface area contributed by atoms with Crippen molar-refractivity contribution in [2.45, 2.75) is 108 Å². The molecule has 0 bridgehead atoms. The van der Waals surface area contributed by atoms with Crippen LogP contribution in [0.2, 0.25) is 0 Å². The molecule has 1 heterocycles. The molecule has 1 rings (SSSR count). The molecule has 31 heavy (non-hydrogen) atoms. The molecule has 0 aromatic carbocycles. The Morgan fingerprint density at radius 3 is 2.00 bits per heavy atom. The van der Waals surface area contributed by atoms with E-state index in [4.69, 9.17) is 14.2 Å². The molecule has 0 spiro atoms. The molecular weight excluding hydrogens is 416 g/mol. The van der Waals surface area contributed by atoms with Crippen LogP contribution in [0.25, 0.3) is 0 Å². The van der Waals surface area contributed by atoms with Gasteiger partial charge in [-0.05, 0) is 27.2 Å². The van der Waals surface area contributed by atoms with Gasteiger partial charge in [0.25, 0.3) is 0 Å². The highest BCUT2D eigenvalue weighted by molar-refractivity contribution is 5.01. The maximum absolute atomic E-state index is 10.9. The normalized spacial score (nSPS) is 32.5. The predicted octanol–water partition coefficient (Wildman–Crippen LogP) is -2.52. The van der Waals surface area contributed by atoms with Crippen LogP contribution in [0.15, 0.2) is 0 Å². The molecule has 11 heteroatoms. The third kappa shape index (κ3) is 7.02. The molecule has 1 saturated heterocycles. The Labute approximate surface area is 182 Å². The number of ether oxygens (including phenoxy) is 3. The van der Waals surface area contributed by atoms with Gasteiger partial charge in [0.2, 0.25) is 0 Å². The van der Waals surface area contributed by atoms with Crippen molar-refractivity contribution >= 4 is 0 Å². The van der Waals surface area contributed by atoms with Gasteiger partial charge in [0.15, 0.2) is 6.29 Å². The van der Waals surface area contributed by atoms with Crippen LogP contribution < -0.4 is 0 Å². The van der Waals surface area contributed by atoms with Crippen molar-refractivity contribution in [1.82, 2.24) is 0 Å². The molecule has 7 unspecified atom stereocenters. The number of aliphatic hydroxyl groups is 8. The van der Waals surface area contributed by atoms with Gasteiger partial charge in [-0.15, -0.1) is 0 Å². The van der Waals surface area contributed by atoms with Gasteiger partial charge >= 0.3 is 0 Å². The van der Waals surface area contributed by atoms with Crippen LogP contribution in [0.1, 0.15) is 41.0 Å². The summed E-state index contributed by atoms with van der Waals surface area (Å²) in [6, 6.07) is 0. The zero-order valence-corrected chi connectivity index (χ0v) is 18.8. The van der Waals surface area contributed by atoms with Crippen LogP contribution in [0.3, 0.4) is 0 Å². The summed E-state index contributed by atoms with van der Waals surface area (Å²) >= 11 is 0. The maximum atomic E-state index is 10.9. The average molecular weight is 457 g/mol. The molecule has 8 N–H and O–H groups in total. The lowest BCUT2D eigenvalue weighted by atomic mass is 9.85. The van der Waals surface area contributed by atoms with Crippen molar-refractivity contribution in [2.75, 3.05) is 13.2 Å². The van der Waals surface area contributed by atoms with E-state index in [0.717, 1.165) is 0 Å². The molecule has 0 amide bonds. The van der Waals surface area contributed by atoms with E-state index in [9.17, 15) is 40.9 Å². The summed E-state index contributed by atoms with van der Waals surface area (Å²) < 4.78 is 17.3. The number of hydrogen-bond donors (Lipinski definition) is 8. The fourth-order valence-corrected chi connectivity index (χ4v) is 3.55. The van der Waals surface area contributed by atoms with Crippen LogP contribution in [0.4, 0.5) is 0 Å². The minimum Gasteiger partial charge on any atom is -0.396 e. The number of aliphatic hydroxyl groups excluding tert-OH is 7. The fraction of sp³-hybridized carbons (Fsp3) is 1.00. The van der Waals surface area contributed by atoms with Crippen LogP contribution in [0.5, 0.6) is 0 Å². The van der Waals surface area contributed by atoms with Crippen molar-refractivity contribution in [2.24, 2.45) is 5.92 Å². The zero-order chi connectivity index (χ0) is 24.1. The molecule has 1 aliphatic rings. The quantitative estimate of drug-likeness (QED) is 0.145. The third-order valence-electron chi connectivity index (χ3n) is 5.80. The Morgan fingerprint density at radius 2 is 1.55 bits per heavy atom. The van der Waals surface area contributed by atoms with E-state index >= 15 is 0 Å². The second-order valence-electron chi connectivity index (χ2n) is 8.82. The highest BCUT2D eigenvalue weighted by atomic mass is 16.6.